The molecule has 0 atom stereocenters. The van der Waals surface area contributed by atoms with Gasteiger partial charge in [-0.05, 0) is 49.3 Å². The van der Waals surface area contributed by atoms with Gasteiger partial charge in [-0.2, -0.15) is 0 Å². The highest BCUT2D eigenvalue weighted by molar-refractivity contribution is 7.89. The van der Waals surface area contributed by atoms with Gasteiger partial charge in [-0.15, -0.1) is 0 Å². The molecule has 0 radical (unpaired) electrons. The van der Waals surface area contributed by atoms with Gasteiger partial charge in [0.2, 0.25) is 10.0 Å². The zero-order chi connectivity index (χ0) is 15.3. The predicted octanol–water partition coefficient (Wildman–Crippen LogP) is 2.65. The maximum absolute atomic E-state index is 12.1. The molecule has 1 aromatic rings. The lowest BCUT2D eigenvalue weighted by molar-refractivity contribution is 0.540. The van der Waals surface area contributed by atoms with Gasteiger partial charge >= 0.3 is 0 Å². The highest BCUT2D eigenvalue weighted by atomic mass is 32.2. The van der Waals surface area contributed by atoms with E-state index in [0.717, 1.165) is 24.9 Å². The number of benzene rings is 1. The summed E-state index contributed by atoms with van der Waals surface area (Å²) >= 11 is 0. The van der Waals surface area contributed by atoms with Crippen LogP contribution in [0.25, 0.3) is 0 Å². The van der Waals surface area contributed by atoms with E-state index < -0.39 is 10.0 Å². The van der Waals surface area contributed by atoms with Crippen LogP contribution in [0.3, 0.4) is 0 Å². The second-order valence-corrected chi connectivity index (χ2v) is 8.00. The van der Waals surface area contributed by atoms with Crippen LogP contribution in [0, 0.1) is 5.92 Å². The van der Waals surface area contributed by atoms with Crippen LogP contribution in [0.5, 0.6) is 0 Å². The fourth-order valence-electron chi connectivity index (χ4n) is 2.14. The van der Waals surface area contributed by atoms with Gasteiger partial charge in [0, 0.05) is 19.1 Å². The van der Waals surface area contributed by atoms with Crippen molar-refractivity contribution >= 4 is 10.0 Å². The summed E-state index contributed by atoms with van der Waals surface area (Å²) in [6.07, 6.45) is 4.42. The molecule has 0 heterocycles. The lowest BCUT2D eigenvalue weighted by Gasteiger charge is -2.09. The van der Waals surface area contributed by atoms with Crippen molar-refractivity contribution in [2.75, 3.05) is 6.54 Å². The second kappa shape index (κ2) is 7.38. The van der Waals surface area contributed by atoms with Crippen molar-refractivity contribution in [2.45, 2.75) is 57.0 Å². The summed E-state index contributed by atoms with van der Waals surface area (Å²) in [5.41, 5.74) is 1.13. The minimum atomic E-state index is -3.36. The smallest absolute Gasteiger partial charge is 0.240 e. The lowest BCUT2D eigenvalue weighted by atomic mass is 10.1. The first-order valence-corrected chi connectivity index (χ1v) is 9.27. The molecule has 1 aromatic carbocycles. The second-order valence-electron chi connectivity index (χ2n) is 6.23. The molecule has 1 aliphatic carbocycles. The Morgan fingerprint density at radius 2 is 1.86 bits per heavy atom. The van der Waals surface area contributed by atoms with Gasteiger partial charge in [-0.25, -0.2) is 13.1 Å². The number of sulfonamides is 1. The van der Waals surface area contributed by atoms with Crippen LogP contribution in [0.15, 0.2) is 29.2 Å². The average Bonchev–Trinajstić information content (AvgIpc) is 3.26. The Bertz CT molecular complexity index is 534. The molecule has 0 saturated heterocycles. The molecule has 0 aliphatic heterocycles. The molecule has 1 aliphatic rings. The standard InChI is InChI=1S/C16H26N2O2S/c1-13(2)4-3-11-18-21(19,20)16-9-5-14(6-10-16)12-17-15-7-8-15/h5-6,9-10,13,15,17-18H,3-4,7-8,11-12H2,1-2H3. The monoisotopic (exact) mass is 310 g/mol. The Morgan fingerprint density at radius 1 is 1.19 bits per heavy atom. The van der Waals surface area contributed by atoms with Crippen molar-refractivity contribution < 1.29 is 8.42 Å². The Morgan fingerprint density at radius 3 is 2.43 bits per heavy atom. The quantitative estimate of drug-likeness (QED) is 0.689. The molecule has 0 aromatic heterocycles. The number of hydrogen-bond donors (Lipinski definition) is 2. The molecule has 2 N–H and O–H groups in total. The van der Waals surface area contributed by atoms with E-state index in [1.165, 1.54) is 12.8 Å². The van der Waals surface area contributed by atoms with Gasteiger partial charge in [-0.1, -0.05) is 26.0 Å². The van der Waals surface area contributed by atoms with Crippen LogP contribution >= 0.6 is 0 Å². The summed E-state index contributed by atoms with van der Waals surface area (Å²) in [4.78, 5) is 0.349. The van der Waals surface area contributed by atoms with E-state index in [4.69, 9.17) is 0 Å². The predicted molar refractivity (Wildman–Crippen MR) is 85.6 cm³/mol. The van der Waals surface area contributed by atoms with E-state index in [2.05, 4.69) is 23.9 Å². The molecule has 0 bridgehead atoms. The van der Waals surface area contributed by atoms with E-state index in [9.17, 15) is 8.42 Å². The average molecular weight is 310 g/mol. The van der Waals surface area contributed by atoms with Crippen molar-refractivity contribution in [1.29, 1.82) is 0 Å². The van der Waals surface area contributed by atoms with Gasteiger partial charge in [-0.3, -0.25) is 0 Å². The highest BCUT2D eigenvalue weighted by Gasteiger charge is 2.20. The number of nitrogens with one attached hydrogen (secondary N) is 2. The van der Waals surface area contributed by atoms with Gasteiger partial charge < -0.3 is 5.32 Å². The van der Waals surface area contributed by atoms with E-state index in [0.29, 0.717) is 23.4 Å². The molecule has 1 fully saturated rings. The molecule has 21 heavy (non-hydrogen) atoms. The van der Waals surface area contributed by atoms with Gasteiger partial charge in [0.05, 0.1) is 4.90 Å². The third-order valence-electron chi connectivity index (χ3n) is 3.66. The van der Waals surface area contributed by atoms with Crippen LogP contribution in [0.2, 0.25) is 0 Å². The van der Waals surface area contributed by atoms with Crippen molar-refractivity contribution in [3.63, 3.8) is 0 Å². The lowest BCUT2D eigenvalue weighted by Crippen LogP contribution is -2.25. The Kier molecular flexibility index (Phi) is 5.79. The number of rotatable bonds is 9. The van der Waals surface area contributed by atoms with Crippen molar-refractivity contribution in [2.24, 2.45) is 5.92 Å². The van der Waals surface area contributed by atoms with Crippen molar-refractivity contribution in [1.82, 2.24) is 10.0 Å². The maximum atomic E-state index is 12.1. The van der Waals surface area contributed by atoms with E-state index >= 15 is 0 Å². The summed E-state index contributed by atoms with van der Waals surface area (Å²) in [6, 6.07) is 7.82. The van der Waals surface area contributed by atoms with E-state index in [1.54, 1.807) is 12.1 Å². The minimum absolute atomic E-state index is 0.349. The molecule has 2 rings (SSSR count). The summed E-state index contributed by atoms with van der Waals surface area (Å²) < 4.78 is 26.9. The normalized spacial score (nSPS) is 15.6. The van der Waals surface area contributed by atoms with E-state index in [-0.39, 0.29) is 0 Å². The summed E-state index contributed by atoms with van der Waals surface area (Å²) in [5, 5.41) is 3.42. The molecule has 118 valence electrons. The molecule has 0 spiro atoms. The first-order valence-electron chi connectivity index (χ1n) is 7.79. The zero-order valence-electron chi connectivity index (χ0n) is 12.9. The third kappa shape index (κ3) is 5.77. The van der Waals surface area contributed by atoms with Crippen LogP contribution in [-0.2, 0) is 16.6 Å². The summed E-state index contributed by atoms with van der Waals surface area (Å²) in [6.45, 7) is 5.60. The maximum Gasteiger partial charge on any atom is 0.240 e. The molecular formula is C16H26N2O2S. The summed E-state index contributed by atoms with van der Waals surface area (Å²) in [7, 11) is -3.36. The molecule has 4 nitrogen and oxygen atoms in total. The molecular weight excluding hydrogens is 284 g/mol. The molecule has 0 unspecified atom stereocenters. The van der Waals surface area contributed by atoms with Gasteiger partial charge in [0.15, 0.2) is 0 Å². The van der Waals surface area contributed by atoms with Gasteiger partial charge in [0.25, 0.3) is 0 Å². The zero-order valence-corrected chi connectivity index (χ0v) is 13.7. The fourth-order valence-corrected chi connectivity index (χ4v) is 3.21. The Balaban J connectivity index is 1.83. The highest BCUT2D eigenvalue weighted by Crippen LogP contribution is 2.19. The molecule has 1 saturated carbocycles. The topological polar surface area (TPSA) is 58.2 Å². The van der Waals surface area contributed by atoms with Crippen LogP contribution in [-0.4, -0.2) is 21.0 Å². The van der Waals surface area contributed by atoms with Gasteiger partial charge in [0.1, 0.15) is 0 Å². The van der Waals surface area contributed by atoms with Crippen LogP contribution in [0.4, 0.5) is 0 Å². The first kappa shape index (κ1) is 16.5. The number of hydrogen-bond acceptors (Lipinski definition) is 3. The fraction of sp³-hybridized carbons (Fsp3) is 0.625. The largest absolute Gasteiger partial charge is 0.310 e. The third-order valence-corrected chi connectivity index (χ3v) is 5.13. The molecule has 0 amide bonds. The first-order chi connectivity index (χ1) is 9.97. The molecule has 5 heteroatoms. The van der Waals surface area contributed by atoms with Crippen molar-refractivity contribution in [3.05, 3.63) is 29.8 Å². The van der Waals surface area contributed by atoms with Crippen LogP contribution < -0.4 is 10.0 Å². The Labute approximate surface area is 128 Å². The van der Waals surface area contributed by atoms with E-state index in [1.807, 2.05) is 12.1 Å². The van der Waals surface area contributed by atoms with Crippen molar-refractivity contribution in [3.8, 4) is 0 Å². The SMILES string of the molecule is CC(C)CCCNS(=O)(=O)c1ccc(CNC2CC2)cc1. The van der Waals surface area contributed by atoms with Crippen LogP contribution in [0.1, 0.15) is 45.1 Å². The summed E-state index contributed by atoms with van der Waals surface area (Å²) in [5.74, 6) is 0.604. The minimum Gasteiger partial charge on any atom is -0.310 e. The Hall–Kier alpha value is -0.910.